The highest BCUT2D eigenvalue weighted by Crippen LogP contribution is 1.99. The molecule has 0 aromatic carbocycles. The fourth-order valence-corrected chi connectivity index (χ4v) is 1.07. The fourth-order valence-electron chi connectivity index (χ4n) is 1.07. The van der Waals surface area contributed by atoms with Crippen LogP contribution in [0.4, 0.5) is 0 Å². The van der Waals surface area contributed by atoms with Crippen LogP contribution in [0.25, 0.3) is 11.2 Å². The maximum atomic E-state index is 10.2. The van der Waals surface area contributed by atoms with Crippen molar-refractivity contribution in [3.05, 3.63) is 52.0 Å². The molecule has 0 aliphatic rings. The number of aromatic amines is 3. The van der Waals surface area contributed by atoms with Gasteiger partial charge in [0.05, 0.1) is 12.5 Å². The van der Waals surface area contributed by atoms with Crippen molar-refractivity contribution >= 4 is 11.2 Å². The highest BCUT2D eigenvalue weighted by molar-refractivity contribution is 5.67. The molecule has 0 amide bonds. The Hall–Kier alpha value is -2.77. The number of imidazole rings is 1. The van der Waals surface area contributed by atoms with Gasteiger partial charge in [0, 0.05) is 12.3 Å². The summed E-state index contributed by atoms with van der Waals surface area (Å²) in [5.41, 5.74) is 0.730. The lowest BCUT2D eigenvalue weighted by Gasteiger charge is -1.80. The molecule has 0 unspecified atom stereocenters. The van der Waals surface area contributed by atoms with E-state index in [4.69, 9.17) is 0 Å². The molecule has 0 saturated heterocycles. The van der Waals surface area contributed by atoms with Crippen LogP contribution in [0, 0.1) is 0 Å². The average Bonchev–Trinajstić information content (AvgIpc) is 2.77. The third-order valence-electron chi connectivity index (χ3n) is 1.78. The zero-order valence-corrected chi connectivity index (χ0v) is 8.54. The Labute approximate surface area is 93.8 Å². The van der Waals surface area contributed by atoms with Crippen molar-refractivity contribution < 1.29 is 0 Å². The normalized spacial score (nSPS) is 9.65. The second-order valence-electron chi connectivity index (χ2n) is 2.96. The van der Waals surface area contributed by atoms with Gasteiger partial charge in [-0.1, -0.05) is 0 Å². The predicted octanol–water partition coefficient (Wildman–Crippen LogP) is -0.584. The molecule has 0 fully saturated rings. The molecule has 8 heteroatoms. The van der Waals surface area contributed by atoms with Crippen LogP contribution in [0.2, 0.25) is 0 Å². The van der Waals surface area contributed by atoms with E-state index < -0.39 is 5.69 Å². The summed E-state index contributed by atoms with van der Waals surface area (Å²) in [5.74, 6) is 0. The molecule has 3 aromatic heterocycles. The number of hydrogen-bond acceptors (Lipinski definition) is 5. The highest BCUT2D eigenvalue weighted by Gasteiger charge is 1.91. The molecule has 86 valence electrons. The second kappa shape index (κ2) is 4.84. The second-order valence-corrected chi connectivity index (χ2v) is 2.96. The zero-order chi connectivity index (χ0) is 12.1. The van der Waals surface area contributed by atoms with Gasteiger partial charge < -0.3 is 9.97 Å². The van der Waals surface area contributed by atoms with Gasteiger partial charge in [-0.2, -0.15) is 0 Å². The van der Waals surface area contributed by atoms with Crippen molar-refractivity contribution in [2.75, 3.05) is 0 Å². The van der Waals surface area contributed by atoms with E-state index in [1.165, 1.54) is 18.6 Å². The van der Waals surface area contributed by atoms with Gasteiger partial charge in [0.15, 0.2) is 5.65 Å². The van der Waals surface area contributed by atoms with Gasteiger partial charge in [0.25, 0.3) is 5.56 Å². The number of fused-ring (bicyclic) bond motifs is 1. The maximum absolute atomic E-state index is 10.2. The van der Waals surface area contributed by atoms with Crippen molar-refractivity contribution in [2.24, 2.45) is 0 Å². The Morgan fingerprint density at radius 2 is 2.00 bits per heavy atom. The number of H-pyrrole nitrogens is 3. The lowest BCUT2D eigenvalue weighted by molar-refractivity contribution is 1.04. The van der Waals surface area contributed by atoms with Gasteiger partial charge in [-0.15, -0.1) is 0 Å². The summed E-state index contributed by atoms with van der Waals surface area (Å²) in [6.45, 7) is 0. The number of nitrogens with one attached hydrogen (secondary N) is 3. The Kier molecular flexibility index (Phi) is 3.05. The van der Waals surface area contributed by atoms with E-state index in [-0.39, 0.29) is 5.56 Å². The van der Waals surface area contributed by atoms with Crippen LogP contribution in [0.15, 0.2) is 40.7 Å². The number of aromatic nitrogens is 6. The highest BCUT2D eigenvalue weighted by atomic mass is 16.2. The lowest BCUT2D eigenvalue weighted by atomic mass is 10.6. The van der Waals surface area contributed by atoms with E-state index in [0.29, 0.717) is 5.65 Å². The third-order valence-corrected chi connectivity index (χ3v) is 1.78. The summed E-state index contributed by atoms with van der Waals surface area (Å²) >= 11 is 0. The topological polar surface area (TPSA) is 120 Å². The standard InChI is InChI=1S/C5H4N4.C4H4N2O2/c1-4-5(8-2-6-1)9-3-7-4;7-3-1-2-5-4(8)6-3/h1-3H,(H,6,7,8,9);1-2H,(H2,5,6,7,8). The summed E-state index contributed by atoms with van der Waals surface area (Å²) in [5, 5.41) is 0. The van der Waals surface area contributed by atoms with Gasteiger partial charge in [0.2, 0.25) is 0 Å². The first-order chi connectivity index (χ1) is 8.25. The summed E-state index contributed by atoms with van der Waals surface area (Å²) in [4.78, 5) is 39.1. The SMILES string of the molecule is O=c1cc[nH]c(=O)[nH]1.c1ncc2[nH]cnc2n1. The monoisotopic (exact) mass is 232 g/mol. The van der Waals surface area contributed by atoms with Gasteiger partial charge >= 0.3 is 5.69 Å². The number of nitrogens with zero attached hydrogens (tertiary/aromatic N) is 3. The summed E-state index contributed by atoms with van der Waals surface area (Å²) in [6, 6.07) is 1.24. The minimum atomic E-state index is -0.475. The van der Waals surface area contributed by atoms with Gasteiger partial charge in [-0.3, -0.25) is 9.78 Å². The fraction of sp³-hybridized carbons (Fsp3) is 0. The molecule has 0 atom stereocenters. The minimum Gasteiger partial charge on any atom is -0.342 e. The minimum absolute atomic E-state index is 0.381. The Morgan fingerprint density at radius 1 is 1.12 bits per heavy atom. The molecule has 3 heterocycles. The van der Waals surface area contributed by atoms with Crippen molar-refractivity contribution in [3.63, 3.8) is 0 Å². The van der Waals surface area contributed by atoms with E-state index >= 15 is 0 Å². The molecule has 0 aliphatic carbocycles. The Balaban J connectivity index is 0.000000128. The molecule has 0 radical (unpaired) electrons. The van der Waals surface area contributed by atoms with E-state index in [9.17, 15) is 9.59 Å². The van der Waals surface area contributed by atoms with Crippen LogP contribution in [0.5, 0.6) is 0 Å². The first-order valence-corrected chi connectivity index (χ1v) is 4.63. The molecule has 8 nitrogen and oxygen atoms in total. The van der Waals surface area contributed by atoms with Gasteiger partial charge in [-0.25, -0.2) is 19.7 Å². The van der Waals surface area contributed by atoms with E-state index in [1.54, 1.807) is 12.5 Å². The molecule has 3 rings (SSSR count). The van der Waals surface area contributed by atoms with Gasteiger partial charge in [0.1, 0.15) is 11.8 Å². The molecule has 17 heavy (non-hydrogen) atoms. The summed E-state index contributed by atoms with van der Waals surface area (Å²) in [6.07, 6.45) is 6.05. The lowest BCUT2D eigenvalue weighted by Crippen LogP contribution is -2.19. The molecular formula is C9H8N6O2. The first-order valence-electron chi connectivity index (χ1n) is 4.63. The van der Waals surface area contributed by atoms with Crippen LogP contribution in [-0.2, 0) is 0 Å². The predicted molar refractivity (Wildman–Crippen MR) is 59.4 cm³/mol. The third kappa shape index (κ3) is 2.84. The molecule has 0 bridgehead atoms. The Bertz CT molecular complexity index is 657. The first kappa shape index (κ1) is 10.7. The van der Waals surface area contributed by atoms with Crippen molar-refractivity contribution in [2.45, 2.75) is 0 Å². The smallest absolute Gasteiger partial charge is 0.325 e. The quantitative estimate of drug-likeness (QED) is 0.478. The molecular weight excluding hydrogens is 224 g/mol. The molecule has 0 spiro atoms. The van der Waals surface area contributed by atoms with Crippen molar-refractivity contribution in [3.8, 4) is 0 Å². The average molecular weight is 232 g/mol. The van der Waals surface area contributed by atoms with E-state index in [2.05, 4.69) is 24.9 Å². The van der Waals surface area contributed by atoms with Crippen molar-refractivity contribution in [1.82, 2.24) is 29.9 Å². The molecule has 0 aliphatic heterocycles. The number of rotatable bonds is 0. The van der Waals surface area contributed by atoms with Crippen LogP contribution < -0.4 is 11.2 Å². The Morgan fingerprint density at radius 3 is 2.65 bits per heavy atom. The summed E-state index contributed by atoms with van der Waals surface area (Å²) < 4.78 is 0. The van der Waals surface area contributed by atoms with Crippen LogP contribution in [0.1, 0.15) is 0 Å². The largest absolute Gasteiger partial charge is 0.342 e. The molecule has 3 N–H and O–H groups in total. The summed E-state index contributed by atoms with van der Waals surface area (Å²) in [7, 11) is 0. The molecule has 0 saturated carbocycles. The van der Waals surface area contributed by atoms with E-state index in [1.807, 2.05) is 4.98 Å². The van der Waals surface area contributed by atoms with Crippen LogP contribution in [-0.4, -0.2) is 29.9 Å². The maximum Gasteiger partial charge on any atom is 0.325 e. The van der Waals surface area contributed by atoms with Gasteiger partial charge in [-0.05, 0) is 0 Å². The van der Waals surface area contributed by atoms with Crippen LogP contribution >= 0.6 is 0 Å². The number of hydrogen-bond donors (Lipinski definition) is 3. The van der Waals surface area contributed by atoms with E-state index in [0.717, 1.165) is 5.52 Å². The van der Waals surface area contributed by atoms with Crippen molar-refractivity contribution in [1.29, 1.82) is 0 Å². The molecule has 3 aromatic rings. The van der Waals surface area contributed by atoms with Crippen LogP contribution in [0.3, 0.4) is 0 Å². The zero-order valence-electron chi connectivity index (χ0n) is 8.54.